The monoisotopic (exact) mass is 388 g/mol. The number of carbonyl (C=O) groups is 1. The number of aromatic nitrogens is 1. The van der Waals surface area contributed by atoms with Crippen LogP contribution in [0.4, 0.5) is 0 Å². The second-order valence-electron chi connectivity index (χ2n) is 8.22. The third-order valence-electron chi connectivity index (χ3n) is 5.78. The van der Waals surface area contributed by atoms with Crippen LogP contribution in [0.15, 0.2) is 17.6 Å². The minimum Gasteiger partial charge on any atom is -0.399 e. The van der Waals surface area contributed by atoms with Gasteiger partial charge in [0.2, 0.25) is 0 Å². The molecular weight excluding hydrogens is 363 g/mol. The van der Waals surface area contributed by atoms with E-state index in [2.05, 4.69) is 10.3 Å². The van der Waals surface area contributed by atoms with Gasteiger partial charge in [-0.1, -0.05) is 0 Å². The van der Waals surface area contributed by atoms with Gasteiger partial charge in [-0.15, -0.1) is 11.3 Å². The SMILES string of the molecule is CC1(C)OB(c2cnc3scc(C(=O)NC4CCOCC4)c3c2)OC1(C)C. The lowest BCUT2D eigenvalue weighted by atomic mass is 9.80. The molecule has 2 aliphatic heterocycles. The number of ether oxygens (including phenoxy) is 1. The van der Waals surface area contributed by atoms with Crippen LogP contribution >= 0.6 is 11.3 Å². The average Bonchev–Trinajstić information content (AvgIpc) is 3.13. The molecular formula is C19H25BN2O4S. The maximum atomic E-state index is 12.8. The Morgan fingerprint density at radius 1 is 1.22 bits per heavy atom. The van der Waals surface area contributed by atoms with E-state index in [0.717, 1.165) is 28.5 Å². The predicted octanol–water partition coefficient (Wildman–Crippen LogP) is 2.50. The standard InChI is InChI=1S/C19H25BN2O4S/c1-18(2)19(3,4)26-20(25-18)12-9-14-15(11-27-17(14)21-10-12)16(23)22-13-5-7-24-8-6-13/h9-11,13H,5-8H2,1-4H3,(H,22,23). The molecule has 0 aliphatic carbocycles. The molecule has 8 heteroatoms. The Morgan fingerprint density at radius 2 is 1.89 bits per heavy atom. The van der Waals surface area contributed by atoms with E-state index in [1.165, 1.54) is 11.3 Å². The van der Waals surface area contributed by atoms with E-state index in [1.807, 2.05) is 39.1 Å². The molecule has 2 aromatic heterocycles. The zero-order valence-corrected chi connectivity index (χ0v) is 17.0. The molecule has 144 valence electrons. The van der Waals surface area contributed by atoms with Gasteiger partial charge in [-0.3, -0.25) is 4.79 Å². The third kappa shape index (κ3) is 3.51. The molecule has 0 aromatic carbocycles. The summed E-state index contributed by atoms with van der Waals surface area (Å²) in [6.45, 7) is 9.49. The number of thiophene rings is 1. The van der Waals surface area contributed by atoms with Crippen molar-refractivity contribution in [1.82, 2.24) is 10.3 Å². The highest BCUT2D eigenvalue weighted by molar-refractivity contribution is 7.17. The summed E-state index contributed by atoms with van der Waals surface area (Å²) in [4.78, 5) is 18.2. The molecule has 4 rings (SSSR count). The van der Waals surface area contributed by atoms with Gasteiger partial charge in [0.1, 0.15) is 4.83 Å². The summed E-state index contributed by atoms with van der Waals surface area (Å²) in [7, 11) is -0.488. The molecule has 1 N–H and O–H groups in total. The van der Waals surface area contributed by atoms with Crippen LogP contribution in [0, 0.1) is 0 Å². The molecule has 0 spiro atoms. The van der Waals surface area contributed by atoms with Crippen molar-refractivity contribution in [3.8, 4) is 0 Å². The minimum absolute atomic E-state index is 0.0546. The molecule has 27 heavy (non-hydrogen) atoms. The van der Waals surface area contributed by atoms with Crippen LogP contribution in [0.3, 0.4) is 0 Å². The van der Waals surface area contributed by atoms with Crippen LogP contribution < -0.4 is 10.8 Å². The van der Waals surface area contributed by atoms with Gasteiger partial charge in [-0.2, -0.15) is 0 Å². The van der Waals surface area contributed by atoms with Crippen LogP contribution in [0.5, 0.6) is 0 Å². The van der Waals surface area contributed by atoms with E-state index in [4.69, 9.17) is 14.0 Å². The predicted molar refractivity (Wildman–Crippen MR) is 107 cm³/mol. The quantitative estimate of drug-likeness (QED) is 0.819. The molecule has 6 nitrogen and oxygen atoms in total. The highest BCUT2D eigenvalue weighted by atomic mass is 32.1. The van der Waals surface area contributed by atoms with Crippen molar-refractivity contribution < 1.29 is 18.8 Å². The van der Waals surface area contributed by atoms with Crippen LogP contribution in [0.1, 0.15) is 50.9 Å². The molecule has 2 saturated heterocycles. The summed E-state index contributed by atoms with van der Waals surface area (Å²) in [6, 6.07) is 2.14. The summed E-state index contributed by atoms with van der Waals surface area (Å²) in [6.07, 6.45) is 3.48. The van der Waals surface area contributed by atoms with E-state index in [9.17, 15) is 4.79 Å². The fourth-order valence-electron chi connectivity index (χ4n) is 3.32. The number of hydrogen-bond donors (Lipinski definition) is 1. The Labute approximate surface area is 163 Å². The van der Waals surface area contributed by atoms with Crippen LogP contribution in [-0.4, -0.2) is 48.5 Å². The lowest BCUT2D eigenvalue weighted by molar-refractivity contribution is 0.00578. The molecule has 2 fully saturated rings. The number of fused-ring (bicyclic) bond motifs is 1. The molecule has 0 unspecified atom stereocenters. The lowest BCUT2D eigenvalue weighted by Crippen LogP contribution is -2.41. The zero-order valence-electron chi connectivity index (χ0n) is 16.2. The summed E-state index contributed by atoms with van der Waals surface area (Å²) in [5, 5.41) is 5.85. The first-order chi connectivity index (χ1) is 12.8. The first kappa shape index (κ1) is 18.9. The first-order valence-corrected chi connectivity index (χ1v) is 10.3. The Kier molecular flexibility index (Phi) is 4.78. The van der Waals surface area contributed by atoms with E-state index < -0.39 is 18.3 Å². The Hall–Kier alpha value is -1.48. The number of hydrogen-bond acceptors (Lipinski definition) is 6. The Bertz CT molecular complexity index is 845. The largest absolute Gasteiger partial charge is 0.496 e. The fraction of sp³-hybridized carbons (Fsp3) is 0.579. The van der Waals surface area contributed by atoms with E-state index >= 15 is 0 Å². The minimum atomic E-state index is -0.488. The maximum absolute atomic E-state index is 12.8. The number of amides is 1. The van der Waals surface area contributed by atoms with Gasteiger partial charge < -0.3 is 19.4 Å². The number of nitrogens with zero attached hydrogens (tertiary/aromatic N) is 1. The Morgan fingerprint density at radius 3 is 2.56 bits per heavy atom. The molecule has 4 heterocycles. The third-order valence-corrected chi connectivity index (χ3v) is 6.68. The number of carbonyl (C=O) groups excluding carboxylic acids is 1. The number of pyridine rings is 1. The highest BCUT2D eigenvalue weighted by Gasteiger charge is 2.51. The maximum Gasteiger partial charge on any atom is 0.496 e. The van der Waals surface area contributed by atoms with Gasteiger partial charge in [-0.25, -0.2) is 4.98 Å². The summed E-state index contributed by atoms with van der Waals surface area (Å²) >= 11 is 1.48. The second-order valence-corrected chi connectivity index (χ2v) is 9.08. The van der Waals surface area contributed by atoms with Gasteiger partial charge >= 0.3 is 7.12 Å². The fourth-order valence-corrected chi connectivity index (χ4v) is 4.20. The van der Waals surface area contributed by atoms with Crippen molar-refractivity contribution in [2.75, 3.05) is 13.2 Å². The van der Waals surface area contributed by atoms with Crippen molar-refractivity contribution >= 4 is 40.0 Å². The van der Waals surface area contributed by atoms with Crippen LogP contribution in [-0.2, 0) is 14.0 Å². The van der Waals surface area contributed by atoms with E-state index in [-0.39, 0.29) is 11.9 Å². The second kappa shape index (κ2) is 6.85. The number of rotatable bonds is 3. The van der Waals surface area contributed by atoms with Crippen molar-refractivity contribution in [2.45, 2.75) is 57.8 Å². The van der Waals surface area contributed by atoms with Gasteiger partial charge in [0.25, 0.3) is 5.91 Å². The highest BCUT2D eigenvalue weighted by Crippen LogP contribution is 2.36. The molecule has 1 amide bonds. The van der Waals surface area contributed by atoms with Crippen LogP contribution in [0.25, 0.3) is 10.2 Å². The molecule has 0 bridgehead atoms. The van der Waals surface area contributed by atoms with Crippen molar-refractivity contribution in [2.24, 2.45) is 0 Å². The average molecular weight is 388 g/mol. The van der Waals surface area contributed by atoms with Crippen molar-refractivity contribution in [3.63, 3.8) is 0 Å². The Balaban J connectivity index is 1.59. The van der Waals surface area contributed by atoms with Crippen molar-refractivity contribution in [3.05, 3.63) is 23.2 Å². The summed E-state index contributed by atoms with van der Waals surface area (Å²) < 4.78 is 17.6. The molecule has 0 radical (unpaired) electrons. The van der Waals surface area contributed by atoms with Crippen molar-refractivity contribution in [1.29, 1.82) is 0 Å². The normalized spacial score (nSPS) is 22.3. The zero-order chi connectivity index (χ0) is 19.2. The van der Waals surface area contributed by atoms with Gasteiger partial charge in [0.15, 0.2) is 0 Å². The van der Waals surface area contributed by atoms with E-state index in [1.54, 1.807) is 6.20 Å². The summed E-state index contributed by atoms with van der Waals surface area (Å²) in [5.74, 6) is -0.0546. The summed E-state index contributed by atoms with van der Waals surface area (Å²) in [5.41, 5.74) is 0.668. The first-order valence-electron chi connectivity index (χ1n) is 9.38. The van der Waals surface area contributed by atoms with Gasteiger partial charge in [-0.05, 0) is 46.6 Å². The van der Waals surface area contributed by atoms with Crippen LogP contribution in [0.2, 0.25) is 0 Å². The molecule has 2 aromatic rings. The van der Waals surface area contributed by atoms with Gasteiger partial charge in [0, 0.05) is 41.7 Å². The molecule has 0 saturated carbocycles. The molecule has 0 atom stereocenters. The van der Waals surface area contributed by atoms with Gasteiger partial charge in [0.05, 0.1) is 16.8 Å². The van der Waals surface area contributed by atoms with E-state index in [0.29, 0.717) is 18.8 Å². The number of nitrogens with one attached hydrogen (secondary N) is 1. The molecule has 2 aliphatic rings. The lowest BCUT2D eigenvalue weighted by Gasteiger charge is -2.32. The smallest absolute Gasteiger partial charge is 0.399 e. The topological polar surface area (TPSA) is 69.7 Å².